The topological polar surface area (TPSA) is 94.2 Å². The first kappa shape index (κ1) is 25.8. The highest BCUT2D eigenvalue weighted by atomic mass is 35.5. The normalized spacial score (nSPS) is 14.5. The Labute approximate surface area is 219 Å². The summed E-state index contributed by atoms with van der Waals surface area (Å²) in [5.41, 5.74) is 1.53. The lowest BCUT2D eigenvalue weighted by molar-refractivity contribution is -0.122. The standard InChI is InChI=1S/C28H25ClN2O6/c1-3-14-36-25-16-23(35-2)11-6-19(25)15-24-26(32)30-28(34)31(27(24)33)21-9-12-22(13-10-21)37-17-18-4-7-20(29)8-5-18/h4-13,15-16H,3,14,17H2,1-2H3,(H,30,32,34)/b24-15+. The van der Waals surface area contributed by atoms with Crippen LogP contribution in [0.25, 0.3) is 6.08 Å². The first-order valence-electron chi connectivity index (χ1n) is 11.6. The molecule has 1 aliphatic rings. The molecule has 1 heterocycles. The zero-order chi connectivity index (χ0) is 26.4. The molecule has 8 nitrogen and oxygen atoms in total. The zero-order valence-electron chi connectivity index (χ0n) is 20.3. The van der Waals surface area contributed by atoms with Crippen molar-refractivity contribution in [2.45, 2.75) is 20.0 Å². The van der Waals surface area contributed by atoms with Crippen LogP contribution in [-0.4, -0.2) is 31.6 Å². The van der Waals surface area contributed by atoms with Gasteiger partial charge in [-0.25, -0.2) is 9.69 Å². The molecular weight excluding hydrogens is 496 g/mol. The number of barbiturate groups is 1. The molecule has 4 rings (SSSR count). The summed E-state index contributed by atoms with van der Waals surface area (Å²) in [4.78, 5) is 39.4. The average molecular weight is 521 g/mol. The highest BCUT2D eigenvalue weighted by Gasteiger charge is 2.37. The van der Waals surface area contributed by atoms with Gasteiger partial charge in [0, 0.05) is 16.7 Å². The fourth-order valence-corrected chi connectivity index (χ4v) is 3.71. The maximum Gasteiger partial charge on any atom is 0.335 e. The van der Waals surface area contributed by atoms with Crippen LogP contribution in [0.15, 0.2) is 72.3 Å². The van der Waals surface area contributed by atoms with Crippen molar-refractivity contribution >= 4 is 41.2 Å². The molecule has 9 heteroatoms. The number of amides is 4. The molecule has 0 radical (unpaired) electrons. The van der Waals surface area contributed by atoms with E-state index in [1.54, 1.807) is 54.6 Å². The molecule has 0 aliphatic carbocycles. The van der Waals surface area contributed by atoms with E-state index in [1.165, 1.54) is 13.2 Å². The Hall–Kier alpha value is -4.30. The molecule has 1 saturated heterocycles. The summed E-state index contributed by atoms with van der Waals surface area (Å²) in [6.45, 7) is 2.74. The van der Waals surface area contributed by atoms with Gasteiger partial charge in [0.25, 0.3) is 11.8 Å². The quantitative estimate of drug-likeness (QED) is 0.300. The van der Waals surface area contributed by atoms with Crippen LogP contribution in [-0.2, 0) is 16.2 Å². The number of carbonyl (C=O) groups excluding carboxylic acids is 3. The van der Waals surface area contributed by atoms with Gasteiger partial charge in [-0.15, -0.1) is 0 Å². The monoisotopic (exact) mass is 520 g/mol. The van der Waals surface area contributed by atoms with E-state index in [1.807, 2.05) is 19.1 Å². The number of hydrogen-bond acceptors (Lipinski definition) is 6. The molecule has 1 aliphatic heterocycles. The molecule has 190 valence electrons. The van der Waals surface area contributed by atoms with Crippen molar-refractivity contribution < 1.29 is 28.6 Å². The molecule has 0 atom stereocenters. The van der Waals surface area contributed by atoms with Gasteiger partial charge >= 0.3 is 6.03 Å². The van der Waals surface area contributed by atoms with Gasteiger partial charge in [0.1, 0.15) is 29.4 Å². The van der Waals surface area contributed by atoms with Crippen LogP contribution in [0, 0.1) is 0 Å². The summed E-state index contributed by atoms with van der Waals surface area (Å²) in [5.74, 6) is 0.0430. The largest absolute Gasteiger partial charge is 0.497 e. The summed E-state index contributed by atoms with van der Waals surface area (Å²) < 4.78 is 16.8. The lowest BCUT2D eigenvalue weighted by Crippen LogP contribution is -2.54. The van der Waals surface area contributed by atoms with Gasteiger partial charge in [-0.3, -0.25) is 14.9 Å². The SMILES string of the molecule is CCCOc1cc(OC)ccc1/C=C1\C(=O)NC(=O)N(c2ccc(OCc3ccc(Cl)cc3)cc2)C1=O. The van der Waals surface area contributed by atoms with E-state index in [4.69, 9.17) is 25.8 Å². The Balaban J connectivity index is 1.55. The third-order valence-corrected chi connectivity index (χ3v) is 5.75. The Morgan fingerprint density at radius 1 is 0.919 bits per heavy atom. The Kier molecular flexibility index (Phi) is 8.10. The van der Waals surface area contributed by atoms with Gasteiger partial charge in [0.05, 0.1) is 19.4 Å². The van der Waals surface area contributed by atoms with Crippen LogP contribution in [0.4, 0.5) is 10.5 Å². The molecule has 4 amide bonds. The van der Waals surface area contributed by atoms with E-state index in [0.29, 0.717) is 41.0 Å². The van der Waals surface area contributed by atoms with Crippen LogP contribution >= 0.6 is 11.6 Å². The van der Waals surface area contributed by atoms with E-state index in [0.717, 1.165) is 16.9 Å². The van der Waals surface area contributed by atoms with Gasteiger partial charge in [-0.2, -0.15) is 0 Å². The molecule has 3 aromatic carbocycles. The minimum absolute atomic E-state index is 0.200. The molecule has 0 unspecified atom stereocenters. The first-order valence-corrected chi connectivity index (χ1v) is 12.0. The first-order chi connectivity index (χ1) is 17.9. The van der Waals surface area contributed by atoms with Gasteiger partial charge < -0.3 is 14.2 Å². The third kappa shape index (κ3) is 6.10. The second-order valence-corrected chi connectivity index (χ2v) is 8.56. The van der Waals surface area contributed by atoms with E-state index >= 15 is 0 Å². The summed E-state index contributed by atoms with van der Waals surface area (Å²) in [6, 6.07) is 17.9. The van der Waals surface area contributed by atoms with Crippen molar-refractivity contribution in [2.75, 3.05) is 18.6 Å². The van der Waals surface area contributed by atoms with Crippen LogP contribution < -0.4 is 24.4 Å². The number of nitrogens with zero attached hydrogens (tertiary/aromatic N) is 1. The van der Waals surface area contributed by atoms with Crippen LogP contribution in [0.2, 0.25) is 5.02 Å². The lowest BCUT2D eigenvalue weighted by atomic mass is 10.1. The Morgan fingerprint density at radius 2 is 1.62 bits per heavy atom. The molecule has 1 fully saturated rings. The van der Waals surface area contributed by atoms with Crippen molar-refractivity contribution in [3.63, 3.8) is 0 Å². The van der Waals surface area contributed by atoms with Gasteiger partial charge in [0.15, 0.2) is 0 Å². The van der Waals surface area contributed by atoms with E-state index in [9.17, 15) is 14.4 Å². The number of hydrogen-bond donors (Lipinski definition) is 1. The molecule has 3 aromatic rings. The Bertz CT molecular complexity index is 1340. The van der Waals surface area contributed by atoms with Crippen LogP contribution in [0.5, 0.6) is 17.2 Å². The number of ether oxygens (including phenoxy) is 3. The molecule has 0 bridgehead atoms. The predicted molar refractivity (Wildman–Crippen MR) is 140 cm³/mol. The van der Waals surface area contributed by atoms with E-state index < -0.39 is 17.8 Å². The molecule has 0 aromatic heterocycles. The molecular formula is C28H25ClN2O6. The number of benzene rings is 3. The number of methoxy groups -OCH3 is 1. The summed E-state index contributed by atoms with van der Waals surface area (Å²) in [7, 11) is 1.53. The highest BCUT2D eigenvalue weighted by Crippen LogP contribution is 2.29. The van der Waals surface area contributed by atoms with Crippen molar-refractivity contribution in [2.24, 2.45) is 0 Å². The molecule has 37 heavy (non-hydrogen) atoms. The minimum Gasteiger partial charge on any atom is -0.497 e. The number of halogens is 1. The summed E-state index contributed by atoms with van der Waals surface area (Å²) in [5, 5.41) is 2.87. The second kappa shape index (κ2) is 11.6. The number of imide groups is 2. The smallest absolute Gasteiger partial charge is 0.335 e. The van der Waals surface area contributed by atoms with Crippen molar-refractivity contribution in [3.8, 4) is 17.2 Å². The number of anilines is 1. The van der Waals surface area contributed by atoms with E-state index in [2.05, 4.69) is 5.32 Å². The molecule has 1 N–H and O–H groups in total. The van der Waals surface area contributed by atoms with Crippen LogP contribution in [0.1, 0.15) is 24.5 Å². The summed E-state index contributed by atoms with van der Waals surface area (Å²) >= 11 is 5.91. The maximum atomic E-state index is 13.3. The third-order valence-electron chi connectivity index (χ3n) is 5.50. The number of nitrogens with one attached hydrogen (secondary N) is 1. The highest BCUT2D eigenvalue weighted by molar-refractivity contribution is 6.39. The average Bonchev–Trinajstić information content (AvgIpc) is 2.90. The molecule has 0 saturated carbocycles. The lowest BCUT2D eigenvalue weighted by Gasteiger charge is -2.26. The Morgan fingerprint density at radius 3 is 2.30 bits per heavy atom. The number of urea groups is 1. The fraction of sp³-hybridized carbons (Fsp3) is 0.179. The fourth-order valence-electron chi connectivity index (χ4n) is 3.58. The van der Waals surface area contributed by atoms with Crippen molar-refractivity contribution in [3.05, 3.63) is 88.5 Å². The van der Waals surface area contributed by atoms with E-state index in [-0.39, 0.29) is 11.3 Å². The van der Waals surface area contributed by atoms with Crippen molar-refractivity contribution in [1.29, 1.82) is 0 Å². The minimum atomic E-state index is -0.834. The summed E-state index contributed by atoms with van der Waals surface area (Å²) in [6.07, 6.45) is 2.18. The maximum absolute atomic E-state index is 13.3. The second-order valence-electron chi connectivity index (χ2n) is 8.12. The van der Waals surface area contributed by atoms with Gasteiger partial charge in [0.2, 0.25) is 0 Å². The zero-order valence-corrected chi connectivity index (χ0v) is 21.1. The van der Waals surface area contributed by atoms with Crippen LogP contribution in [0.3, 0.4) is 0 Å². The van der Waals surface area contributed by atoms with Gasteiger partial charge in [-0.1, -0.05) is 30.7 Å². The van der Waals surface area contributed by atoms with Crippen molar-refractivity contribution in [1.82, 2.24) is 5.32 Å². The molecule has 0 spiro atoms. The predicted octanol–water partition coefficient (Wildman–Crippen LogP) is 5.38. The van der Waals surface area contributed by atoms with Gasteiger partial charge in [-0.05, 0) is 66.6 Å². The number of rotatable bonds is 9. The number of carbonyl (C=O) groups is 3.